The van der Waals surface area contributed by atoms with E-state index in [1.54, 1.807) is 6.92 Å². The number of rotatable bonds is 6. The number of hydrogen-bond acceptors (Lipinski definition) is 4. The van der Waals surface area contributed by atoms with E-state index in [9.17, 15) is 17.6 Å². The molecule has 1 atom stereocenters. The first-order valence-corrected chi connectivity index (χ1v) is 7.48. The van der Waals surface area contributed by atoms with Crippen molar-refractivity contribution >= 4 is 28.2 Å². The van der Waals surface area contributed by atoms with Gasteiger partial charge in [0, 0.05) is 19.0 Å². The van der Waals surface area contributed by atoms with Gasteiger partial charge < -0.3 is 11.1 Å². The Morgan fingerprint density at radius 2 is 1.90 bits per heavy atom. The van der Waals surface area contributed by atoms with Gasteiger partial charge in [-0.25, -0.2) is 12.8 Å². The average molecular weight is 325 g/mol. The van der Waals surface area contributed by atoms with Gasteiger partial charge in [0.1, 0.15) is 5.82 Å². The van der Waals surface area contributed by atoms with Crippen LogP contribution in [0.3, 0.4) is 0 Å². The van der Waals surface area contributed by atoms with Crippen LogP contribution in [0.4, 0.5) is 4.39 Å². The predicted molar refractivity (Wildman–Crippen MR) is 76.9 cm³/mol. The number of halogens is 2. The molecule has 1 amide bonds. The second kappa shape index (κ2) is 8.18. The molecule has 1 aromatic carbocycles. The fourth-order valence-electron chi connectivity index (χ4n) is 1.35. The van der Waals surface area contributed by atoms with Gasteiger partial charge in [-0.2, -0.15) is 0 Å². The SMILES string of the molecule is CC(CN)C(=O)NCCS(=O)(=O)c1ccc(F)cc1.Cl. The van der Waals surface area contributed by atoms with E-state index in [1.807, 2.05) is 0 Å². The Kier molecular flexibility index (Phi) is 7.70. The molecule has 1 rings (SSSR count). The first-order valence-electron chi connectivity index (χ1n) is 5.83. The van der Waals surface area contributed by atoms with Crippen LogP contribution in [0.15, 0.2) is 29.2 Å². The third-order valence-electron chi connectivity index (χ3n) is 2.64. The smallest absolute Gasteiger partial charge is 0.224 e. The zero-order chi connectivity index (χ0) is 14.5. The molecular weight excluding hydrogens is 307 g/mol. The highest BCUT2D eigenvalue weighted by molar-refractivity contribution is 7.91. The Balaban J connectivity index is 0.00000361. The lowest BCUT2D eigenvalue weighted by Gasteiger charge is -2.10. The Bertz CT molecular complexity index is 534. The molecule has 0 aliphatic heterocycles. The van der Waals surface area contributed by atoms with Crippen molar-refractivity contribution in [2.75, 3.05) is 18.8 Å². The van der Waals surface area contributed by atoms with Gasteiger partial charge in [-0.15, -0.1) is 12.4 Å². The van der Waals surface area contributed by atoms with Crippen LogP contribution >= 0.6 is 12.4 Å². The molecule has 0 aliphatic carbocycles. The third-order valence-corrected chi connectivity index (χ3v) is 4.38. The van der Waals surface area contributed by atoms with Gasteiger partial charge in [0.05, 0.1) is 10.6 Å². The number of carbonyl (C=O) groups is 1. The number of sulfone groups is 1. The van der Waals surface area contributed by atoms with E-state index >= 15 is 0 Å². The number of amides is 1. The molecule has 5 nitrogen and oxygen atoms in total. The predicted octanol–water partition coefficient (Wildman–Crippen LogP) is 0.732. The van der Waals surface area contributed by atoms with Crippen LogP contribution in [-0.2, 0) is 14.6 Å². The minimum Gasteiger partial charge on any atom is -0.355 e. The van der Waals surface area contributed by atoms with Gasteiger partial charge in [-0.05, 0) is 24.3 Å². The van der Waals surface area contributed by atoms with E-state index in [2.05, 4.69) is 5.32 Å². The molecule has 0 bridgehead atoms. The standard InChI is InChI=1S/C12H17FN2O3S.ClH/c1-9(8-14)12(16)15-6-7-19(17,18)11-4-2-10(13)3-5-11;/h2-5,9H,6-8,14H2,1H3,(H,15,16);1H. The maximum atomic E-state index is 12.7. The van der Waals surface area contributed by atoms with Gasteiger partial charge in [-0.3, -0.25) is 4.79 Å². The number of carbonyl (C=O) groups excluding carboxylic acids is 1. The van der Waals surface area contributed by atoms with Gasteiger partial charge in [0.15, 0.2) is 9.84 Å². The molecule has 0 aliphatic rings. The Hall–Kier alpha value is -1.18. The fourth-order valence-corrected chi connectivity index (χ4v) is 2.51. The molecular formula is C12H18ClFN2O3S. The maximum Gasteiger partial charge on any atom is 0.224 e. The number of nitrogens with two attached hydrogens (primary N) is 1. The normalized spacial score (nSPS) is 12.3. The number of hydrogen-bond donors (Lipinski definition) is 2. The maximum absolute atomic E-state index is 12.7. The van der Waals surface area contributed by atoms with E-state index in [-0.39, 0.29) is 48.0 Å². The summed E-state index contributed by atoms with van der Waals surface area (Å²) in [4.78, 5) is 11.4. The van der Waals surface area contributed by atoms with Crippen LogP contribution in [0.5, 0.6) is 0 Å². The second-order valence-corrected chi connectivity index (χ2v) is 6.31. The van der Waals surface area contributed by atoms with Crippen LogP contribution in [0, 0.1) is 11.7 Å². The van der Waals surface area contributed by atoms with Crippen molar-refractivity contribution in [3.63, 3.8) is 0 Å². The van der Waals surface area contributed by atoms with Crippen LogP contribution in [0.1, 0.15) is 6.92 Å². The molecule has 0 heterocycles. The summed E-state index contributed by atoms with van der Waals surface area (Å²) in [6, 6.07) is 4.58. The Morgan fingerprint density at radius 3 is 2.40 bits per heavy atom. The molecule has 1 aromatic rings. The van der Waals surface area contributed by atoms with Gasteiger partial charge in [0.2, 0.25) is 5.91 Å². The minimum atomic E-state index is -3.52. The van der Waals surface area contributed by atoms with Crippen LogP contribution in [0.25, 0.3) is 0 Å². The summed E-state index contributed by atoms with van der Waals surface area (Å²) >= 11 is 0. The molecule has 0 saturated heterocycles. The quantitative estimate of drug-likeness (QED) is 0.755. The van der Waals surface area contributed by atoms with E-state index in [0.717, 1.165) is 12.1 Å². The molecule has 0 fully saturated rings. The van der Waals surface area contributed by atoms with Crippen molar-refractivity contribution < 1.29 is 17.6 Å². The van der Waals surface area contributed by atoms with Crippen LogP contribution < -0.4 is 11.1 Å². The van der Waals surface area contributed by atoms with E-state index < -0.39 is 15.7 Å². The summed E-state index contributed by atoms with van der Waals surface area (Å²) in [6.07, 6.45) is 0. The van der Waals surface area contributed by atoms with Crippen molar-refractivity contribution in [3.05, 3.63) is 30.1 Å². The van der Waals surface area contributed by atoms with Crippen molar-refractivity contribution in [2.24, 2.45) is 11.7 Å². The third kappa shape index (κ3) is 5.44. The molecule has 20 heavy (non-hydrogen) atoms. The minimum absolute atomic E-state index is 0. The summed E-state index contributed by atoms with van der Waals surface area (Å²) < 4.78 is 36.4. The van der Waals surface area contributed by atoms with Gasteiger partial charge in [-0.1, -0.05) is 6.92 Å². The molecule has 3 N–H and O–H groups in total. The first kappa shape index (κ1) is 18.8. The van der Waals surface area contributed by atoms with Crippen LogP contribution in [0.2, 0.25) is 0 Å². The first-order chi connectivity index (χ1) is 8.86. The second-order valence-electron chi connectivity index (χ2n) is 4.20. The summed E-state index contributed by atoms with van der Waals surface area (Å²) in [6.45, 7) is 1.86. The van der Waals surface area contributed by atoms with E-state index in [1.165, 1.54) is 12.1 Å². The van der Waals surface area contributed by atoms with Gasteiger partial charge >= 0.3 is 0 Å². The molecule has 0 aromatic heterocycles. The highest BCUT2D eigenvalue weighted by Gasteiger charge is 2.16. The fraction of sp³-hybridized carbons (Fsp3) is 0.417. The monoisotopic (exact) mass is 324 g/mol. The summed E-state index contributed by atoms with van der Waals surface area (Å²) in [5.74, 6) is -1.36. The van der Waals surface area contributed by atoms with Crippen molar-refractivity contribution in [1.29, 1.82) is 0 Å². The highest BCUT2D eigenvalue weighted by atomic mass is 35.5. The van der Waals surface area contributed by atoms with Crippen molar-refractivity contribution in [2.45, 2.75) is 11.8 Å². The van der Waals surface area contributed by atoms with Crippen molar-refractivity contribution in [1.82, 2.24) is 5.32 Å². The molecule has 8 heteroatoms. The zero-order valence-electron chi connectivity index (χ0n) is 11.0. The largest absolute Gasteiger partial charge is 0.355 e. The molecule has 1 unspecified atom stereocenters. The summed E-state index contributed by atoms with van der Waals surface area (Å²) in [5.41, 5.74) is 5.32. The summed E-state index contributed by atoms with van der Waals surface area (Å²) in [5, 5.41) is 2.50. The van der Waals surface area contributed by atoms with E-state index in [0.29, 0.717) is 0 Å². The van der Waals surface area contributed by atoms with Gasteiger partial charge in [0.25, 0.3) is 0 Å². The number of benzene rings is 1. The highest BCUT2D eigenvalue weighted by Crippen LogP contribution is 2.11. The van der Waals surface area contributed by atoms with Crippen molar-refractivity contribution in [3.8, 4) is 0 Å². The molecule has 0 radical (unpaired) electrons. The number of nitrogens with one attached hydrogen (secondary N) is 1. The summed E-state index contributed by atoms with van der Waals surface area (Å²) in [7, 11) is -3.52. The van der Waals surface area contributed by atoms with Crippen LogP contribution in [-0.4, -0.2) is 33.2 Å². The lowest BCUT2D eigenvalue weighted by Crippen LogP contribution is -2.36. The van der Waals surface area contributed by atoms with E-state index in [4.69, 9.17) is 5.73 Å². The zero-order valence-corrected chi connectivity index (χ0v) is 12.6. The molecule has 114 valence electrons. The lowest BCUT2D eigenvalue weighted by atomic mass is 10.2. The molecule has 0 saturated carbocycles. The Labute approximate surface area is 124 Å². The average Bonchev–Trinajstić information content (AvgIpc) is 2.37. The topological polar surface area (TPSA) is 89.3 Å². The Morgan fingerprint density at radius 1 is 1.35 bits per heavy atom. The molecule has 0 spiro atoms. The lowest BCUT2D eigenvalue weighted by molar-refractivity contribution is -0.124.